The second-order valence-electron chi connectivity index (χ2n) is 4.54. The van der Waals surface area contributed by atoms with Crippen molar-refractivity contribution in [2.75, 3.05) is 23.7 Å². The second-order valence-corrected chi connectivity index (χ2v) is 6.59. The van der Waals surface area contributed by atoms with Gasteiger partial charge in [-0.05, 0) is 31.0 Å². The number of rotatable bonds is 4. The number of benzene rings is 1. The molecule has 1 heterocycles. The largest absolute Gasteiger partial charge is 0.377 e. The van der Waals surface area contributed by atoms with Gasteiger partial charge in [-0.25, -0.2) is 8.42 Å². The number of sulfonamides is 1. The van der Waals surface area contributed by atoms with Gasteiger partial charge in [-0.15, -0.1) is 0 Å². The van der Waals surface area contributed by atoms with Gasteiger partial charge in [0.15, 0.2) is 0 Å². The van der Waals surface area contributed by atoms with E-state index < -0.39 is 10.0 Å². The first-order valence-electron chi connectivity index (χ1n) is 6.11. The van der Waals surface area contributed by atoms with Crippen LogP contribution in [0.15, 0.2) is 24.3 Å². The van der Waals surface area contributed by atoms with Gasteiger partial charge in [-0.2, -0.15) is 5.26 Å². The van der Waals surface area contributed by atoms with Gasteiger partial charge >= 0.3 is 0 Å². The summed E-state index contributed by atoms with van der Waals surface area (Å²) in [6, 6.07) is 8.55. The van der Waals surface area contributed by atoms with E-state index in [1.807, 2.05) is 6.07 Å². The van der Waals surface area contributed by atoms with Gasteiger partial charge in [-0.1, -0.05) is 6.07 Å². The van der Waals surface area contributed by atoms with Crippen LogP contribution < -0.4 is 4.31 Å². The van der Waals surface area contributed by atoms with Crippen molar-refractivity contribution in [3.8, 4) is 6.07 Å². The number of hydrogen-bond acceptors (Lipinski definition) is 4. The lowest BCUT2D eigenvalue weighted by molar-refractivity contribution is 0.127. The van der Waals surface area contributed by atoms with Crippen LogP contribution in [0.1, 0.15) is 18.4 Å². The van der Waals surface area contributed by atoms with Crippen molar-refractivity contribution in [2.24, 2.45) is 0 Å². The average Bonchev–Trinajstić information content (AvgIpc) is 2.90. The normalized spacial score (nSPS) is 19.1. The molecule has 0 N–H and O–H groups in total. The number of nitriles is 1. The molecule has 0 aliphatic carbocycles. The van der Waals surface area contributed by atoms with Gasteiger partial charge in [0.25, 0.3) is 0 Å². The van der Waals surface area contributed by atoms with E-state index in [0.717, 1.165) is 12.8 Å². The van der Waals surface area contributed by atoms with E-state index in [-0.39, 0.29) is 11.9 Å². The van der Waals surface area contributed by atoms with Crippen molar-refractivity contribution < 1.29 is 13.2 Å². The van der Waals surface area contributed by atoms with Crippen LogP contribution in [0.2, 0.25) is 0 Å². The lowest BCUT2D eigenvalue weighted by atomic mass is 10.2. The zero-order valence-corrected chi connectivity index (χ0v) is 11.6. The zero-order chi connectivity index (χ0) is 13.9. The first kappa shape index (κ1) is 13.8. The summed E-state index contributed by atoms with van der Waals surface area (Å²) in [5.74, 6) is -0.0136. The van der Waals surface area contributed by atoms with Crippen LogP contribution in [0.25, 0.3) is 0 Å². The maximum atomic E-state index is 12.2. The molecule has 1 aliphatic rings. The highest BCUT2D eigenvalue weighted by atomic mass is 32.2. The van der Waals surface area contributed by atoms with Crippen LogP contribution in [-0.2, 0) is 14.8 Å². The molecule has 1 aliphatic heterocycles. The molecule has 1 atom stereocenters. The molecule has 0 aromatic heterocycles. The summed E-state index contributed by atoms with van der Waals surface area (Å²) < 4.78 is 31.1. The molecule has 0 radical (unpaired) electrons. The maximum absolute atomic E-state index is 12.2. The summed E-state index contributed by atoms with van der Waals surface area (Å²) in [5.41, 5.74) is 0.939. The van der Waals surface area contributed by atoms with Crippen LogP contribution in [-0.4, -0.2) is 33.9 Å². The molecular weight excluding hydrogens is 264 g/mol. The summed E-state index contributed by atoms with van der Waals surface area (Å²) in [7, 11) is -1.92. The first-order chi connectivity index (χ1) is 9.03. The molecule has 0 spiro atoms. The quantitative estimate of drug-likeness (QED) is 0.838. The number of ether oxygens (including phenoxy) is 1. The fraction of sp³-hybridized carbons (Fsp3) is 0.462. The van der Waals surface area contributed by atoms with Crippen LogP contribution in [0.5, 0.6) is 0 Å². The van der Waals surface area contributed by atoms with Gasteiger partial charge in [0, 0.05) is 13.7 Å². The molecule has 0 saturated carbocycles. The Morgan fingerprint density at radius 2 is 2.32 bits per heavy atom. The fourth-order valence-corrected chi connectivity index (χ4v) is 3.45. The first-order valence-corrected chi connectivity index (χ1v) is 7.72. The summed E-state index contributed by atoms with van der Waals surface area (Å²) in [4.78, 5) is 0. The van der Waals surface area contributed by atoms with Crippen molar-refractivity contribution in [2.45, 2.75) is 18.9 Å². The molecule has 0 bridgehead atoms. The number of hydrogen-bond donors (Lipinski definition) is 0. The van der Waals surface area contributed by atoms with Crippen LogP contribution in [0.3, 0.4) is 0 Å². The number of anilines is 1. The Morgan fingerprint density at radius 3 is 2.95 bits per heavy atom. The molecule has 19 heavy (non-hydrogen) atoms. The Bertz CT molecular complexity index is 586. The van der Waals surface area contributed by atoms with Gasteiger partial charge in [0.2, 0.25) is 10.0 Å². The van der Waals surface area contributed by atoms with E-state index in [4.69, 9.17) is 10.00 Å². The summed E-state index contributed by atoms with van der Waals surface area (Å²) in [6.07, 6.45) is 1.48. The molecule has 1 aromatic carbocycles. The van der Waals surface area contributed by atoms with Gasteiger partial charge in [-0.3, -0.25) is 4.31 Å². The summed E-state index contributed by atoms with van der Waals surface area (Å²) in [5, 5.41) is 8.84. The Labute approximate surface area is 113 Å². The molecular formula is C13H16N2O3S. The molecule has 1 unspecified atom stereocenters. The number of nitrogens with zero attached hydrogens (tertiary/aromatic N) is 2. The van der Waals surface area contributed by atoms with E-state index >= 15 is 0 Å². The highest BCUT2D eigenvalue weighted by Gasteiger charge is 2.26. The predicted octanol–water partition coefficient (Wildman–Crippen LogP) is 1.50. The Kier molecular flexibility index (Phi) is 4.08. The highest BCUT2D eigenvalue weighted by Crippen LogP contribution is 2.21. The molecule has 1 fully saturated rings. The zero-order valence-electron chi connectivity index (χ0n) is 10.7. The van der Waals surface area contributed by atoms with Crippen molar-refractivity contribution in [3.05, 3.63) is 29.8 Å². The Morgan fingerprint density at radius 1 is 1.53 bits per heavy atom. The predicted molar refractivity (Wildman–Crippen MR) is 72.3 cm³/mol. The van der Waals surface area contributed by atoms with Crippen molar-refractivity contribution in [1.82, 2.24) is 0 Å². The van der Waals surface area contributed by atoms with Crippen LogP contribution >= 0.6 is 0 Å². The minimum absolute atomic E-state index is 0.0136. The Hall–Kier alpha value is -1.58. The molecule has 1 saturated heterocycles. The van der Waals surface area contributed by atoms with Gasteiger partial charge in [0.1, 0.15) is 0 Å². The van der Waals surface area contributed by atoms with Crippen LogP contribution in [0, 0.1) is 11.3 Å². The Balaban J connectivity index is 2.17. The topological polar surface area (TPSA) is 70.4 Å². The lowest BCUT2D eigenvalue weighted by Crippen LogP contribution is -2.33. The molecule has 2 rings (SSSR count). The van der Waals surface area contributed by atoms with Crippen molar-refractivity contribution in [1.29, 1.82) is 5.26 Å². The molecule has 1 aromatic rings. The van der Waals surface area contributed by atoms with Crippen molar-refractivity contribution >= 4 is 15.7 Å². The molecule has 102 valence electrons. The minimum Gasteiger partial charge on any atom is -0.377 e. The van der Waals surface area contributed by atoms with E-state index in [1.54, 1.807) is 24.3 Å². The second kappa shape index (κ2) is 5.59. The lowest BCUT2D eigenvalue weighted by Gasteiger charge is -2.21. The summed E-state index contributed by atoms with van der Waals surface area (Å²) in [6.45, 7) is 0.633. The highest BCUT2D eigenvalue weighted by molar-refractivity contribution is 7.92. The van der Waals surface area contributed by atoms with E-state index in [1.165, 1.54) is 11.4 Å². The molecule has 0 amide bonds. The standard InChI is InChI=1S/C13H16N2O3S/c1-15(12-5-2-4-11(8-12)9-14)19(16,17)10-13-6-3-7-18-13/h2,4-5,8,13H,3,6-7,10H2,1H3. The third-order valence-corrected chi connectivity index (χ3v) is 5.01. The summed E-state index contributed by atoms with van der Waals surface area (Å²) >= 11 is 0. The minimum atomic E-state index is -3.42. The third-order valence-electron chi connectivity index (χ3n) is 3.18. The van der Waals surface area contributed by atoms with E-state index in [2.05, 4.69) is 0 Å². The smallest absolute Gasteiger partial charge is 0.237 e. The third kappa shape index (κ3) is 3.25. The van der Waals surface area contributed by atoms with E-state index in [0.29, 0.717) is 17.9 Å². The molecule has 6 heteroatoms. The van der Waals surface area contributed by atoms with E-state index in [9.17, 15) is 8.42 Å². The fourth-order valence-electron chi connectivity index (χ4n) is 2.05. The monoisotopic (exact) mass is 280 g/mol. The van der Waals surface area contributed by atoms with Crippen molar-refractivity contribution in [3.63, 3.8) is 0 Å². The maximum Gasteiger partial charge on any atom is 0.237 e. The average molecular weight is 280 g/mol. The van der Waals surface area contributed by atoms with Gasteiger partial charge < -0.3 is 4.74 Å². The molecule has 5 nitrogen and oxygen atoms in total. The van der Waals surface area contributed by atoms with Crippen LogP contribution in [0.4, 0.5) is 5.69 Å². The SMILES string of the molecule is CN(c1cccc(C#N)c1)S(=O)(=O)CC1CCCO1. The van der Waals surface area contributed by atoms with Gasteiger partial charge in [0.05, 0.1) is 29.2 Å².